The highest BCUT2D eigenvalue weighted by Gasteiger charge is 2.02. The molecule has 0 aromatic rings. The average Bonchev–Trinajstić information content (AvgIpc) is 2.30. The number of rotatable bonds is 6. The molecule has 0 rings (SSSR count). The van der Waals surface area contributed by atoms with Gasteiger partial charge in [0.1, 0.15) is 0 Å². The van der Waals surface area contributed by atoms with Crippen LogP contribution < -0.4 is 0 Å². The normalized spacial score (nSPS) is 13.9. The van der Waals surface area contributed by atoms with Crippen molar-refractivity contribution >= 4 is 11.4 Å². The Balaban J connectivity index is 5.52. The van der Waals surface area contributed by atoms with Crippen molar-refractivity contribution in [2.75, 3.05) is 7.05 Å². The van der Waals surface area contributed by atoms with E-state index in [0.717, 1.165) is 11.1 Å². The summed E-state index contributed by atoms with van der Waals surface area (Å²) in [7, 11) is 1.68. The summed E-state index contributed by atoms with van der Waals surface area (Å²) < 4.78 is 0. The topological polar surface area (TPSA) is 36.2 Å². The van der Waals surface area contributed by atoms with Gasteiger partial charge in [-0.05, 0) is 31.1 Å². The molecule has 0 atom stereocenters. The highest BCUT2D eigenvalue weighted by molar-refractivity contribution is 6.44. The van der Waals surface area contributed by atoms with Crippen molar-refractivity contribution in [1.29, 1.82) is 5.41 Å². The first-order valence-corrected chi connectivity index (χ1v) is 5.42. The molecule has 0 saturated carbocycles. The predicted octanol–water partition coefficient (Wildman–Crippen LogP) is 3.90. The molecule has 0 unspecified atom stereocenters. The Labute approximate surface area is 104 Å². The van der Waals surface area contributed by atoms with E-state index in [-0.39, 0.29) is 0 Å². The van der Waals surface area contributed by atoms with E-state index in [1.165, 1.54) is 0 Å². The number of nitrogens with one attached hydrogen (secondary N) is 1. The van der Waals surface area contributed by atoms with Gasteiger partial charge in [0.05, 0.1) is 11.4 Å². The van der Waals surface area contributed by atoms with E-state index < -0.39 is 0 Å². The highest BCUT2D eigenvalue weighted by atomic mass is 14.7. The van der Waals surface area contributed by atoms with Crippen molar-refractivity contribution in [1.82, 2.24) is 0 Å². The van der Waals surface area contributed by atoms with Gasteiger partial charge in [-0.15, -0.1) is 0 Å². The maximum atomic E-state index is 7.60. The van der Waals surface area contributed by atoms with Gasteiger partial charge in [0.2, 0.25) is 0 Å². The van der Waals surface area contributed by atoms with Gasteiger partial charge in [0.25, 0.3) is 0 Å². The lowest BCUT2D eigenvalue weighted by atomic mass is 10.0. The van der Waals surface area contributed by atoms with Crippen LogP contribution in [0.5, 0.6) is 0 Å². The van der Waals surface area contributed by atoms with Crippen LogP contribution in [0.3, 0.4) is 0 Å². The van der Waals surface area contributed by atoms with Crippen molar-refractivity contribution in [2.24, 2.45) is 4.99 Å². The molecule has 0 saturated heterocycles. The maximum Gasteiger partial charge on any atom is 0.0781 e. The van der Waals surface area contributed by atoms with Crippen LogP contribution in [0, 0.1) is 5.41 Å². The maximum absolute atomic E-state index is 7.60. The summed E-state index contributed by atoms with van der Waals surface area (Å²) in [4.78, 5) is 4.07. The first-order valence-electron chi connectivity index (χ1n) is 5.42. The van der Waals surface area contributed by atoms with E-state index >= 15 is 0 Å². The van der Waals surface area contributed by atoms with Gasteiger partial charge >= 0.3 is 0 Å². The highest BCUT2D eigenvalue weighted by Crippen LogP contribution is 2.13. The molecule has 0 bridgehead atoms. The van der Waals surface area contributed by atoms with Gasteiger partial charge in [-0.25, -0.2) is 0 Å². The second kappa shape index (κ2) is 8.22. The van der Waals surface area contributed by atoms with Crippen molar-refractivity contribution < 1.29 is 0 Å². The average molecular weight is 228 g/mol. The first-order chi connectivity index (χ1) is 8.10. The van der Waals surface area contributed by atoms with Crippen LogP contribution in [0.2, 0.25) is 0 Å². The van der Waals surface area contributed by atoms with Gasteiger partial charge in [-0.1, -0.05) is 43.5 Å². The van der Waals surface area contributed by atoms with Crippen LogP contribution in [0.15, 0.2) is 65.8 Å². The molecular formula is C15H20N2. The Kier molecular flexibility index (Phi) is 7.27. The minimum absolute atomic E-state index is 0.435. The molecule has 0 aliphatic carbocycles. The van der Waals surface area contributed by atoms with Crippen LogP contribution in [-0.4, -0.2) is 18.5 Å². The number of allylic oxidation sites excluding steroid dienone is 8. The lowest BCUT2D eigenvalue weighted by Gasteiger charge is -2.04. The molecule has 0 amide bonds. The van der Waals surface area contributed by atoms with Crippen molar-refractivity contribution in [2.45, 2.75) is 13.8 Å². The van der Waals surface area contributed by atoms with Crippen molar-refractivity contribution in [3.05, 3.63) is 60.8 Å². The zero-order valence-electron chi connectivity index (χ0n) is 10.8. The first kappa shape index (κ1) is 15.0. The quantitative estimate of drug-likeness (QED) is 0.529. The monoisotopic (exact) mass is 228 g/mol. The Morgan fingerprint density at radius 1 is 1.24 bits per heavy atom. The minimum Gasteiger partial charge on any atom is -0.303 e. The molecule has 1 N–H and O–H groups in total. The molecule has 0 fully saturated rings. The van der Waals surface area contributed by atoms with Gasteiger partial charge in [-0.2, -0.15) is 0 Å². The smallest absolute Gasteiger partial charge is 0.0781 e. The fraction of sp³-hybridized carbons (Fsp3) is 0.200. The minimum atomic E-state index is 0.435. The lowest BCUT2D eigenvalue weighted by Crippen LogP contribution is -2.06. The zero-order chi connectivity index (χ0) is 13.3. The van der Waals surface area contributed by atoms with Crippen LogP contribution in [0.1, 0.15) is 13.8 Å². The Morgan fingerprint density at radius 2 is 1.88 bits per heavy atom. The summed E-state index contributed by atoms with van der Waals surface area (Å²) in [6.07, 6.45) is 11.2. The molecule has 0 radical (unpaired) electrons. The van der Waals surface area contributed by atoms with Gasteiger partial charge in [0.15, 0.2) is 0 Å². The second-order valence-corrected chi connectivity index (χ2v) is 3.40. The van der Waals surface area contributed by atoms with Crippen molar-refractivity contribution in [3.63, 3.8) is 0 Å². The zero-order valence-corrected chi connectivity index (χ0v) is 10.8. The number of nitrogens with zero attached hydrogens (tertiary/aromatic N) is 1. The standard InChI is InChI=1S/C15H20N2/c1-6-9-14(10-7-2)13(8-3)11-15(17-5)12(4)16/h6-11,16H,1,3H2,2,4-5H3/b10-7-,13-11+,14-9+,16-12?,17-15+. The predicted molar refractivity (Wildman–Crippen MR) is 78.1 cm³/mol. The molecular weight excluding hydrogens is 208 g/mol. The van der Waals surface area contributed by atoms with Crippen molar-refractivity contribution in [3.8, 4) is 0 Å². The Bertz CT molecular complexity index is 418. The molecule has 0 aliphatic rings. The molecule has 0 aliphatic heterocycles. The van der Waals surface area contributed by atoms with E-state index in [1.54, 1.807) is 26.1 Å². The number of hydrogen-bond acceptors (Lipinski definition) is 2. The third-order valence-corrected chi connectivity index (χ3v) is 2.11. The SMILES string of the molecule is C=C/C=C(\C=C/C)C(/C=C)=C/C(=N\C)C(C)=N. The van der Waals surface area contributed by atoms with E-state index in [4.69, 9.17) is 5.41 Å². The summed E-state index contributed by atoms with van der Waals surface area (Å²) in [6, 6.07) is 0. The Hall–Kier alpha value is -1.96. The van der Waals surface area contributed by atoms with Crippen LogP contribution in [-0.2, 0) is 0 Å². The summed E-state index contributed by atoms with van der Waals surface area (Å²) >= 11 is 0. The summed E-state index contributed by atoms with van der Waals surface area (Å²) in [5.74, 6) is 0. The van der Waals surface area contributed by atoms with E-state index in [9.17, 15) is 0 Å². The molecule has 2 nitrogen and oxygen atoms in total. The Morgan fingerprint density at radius 3 is 2.24 bits per heavy atom. The molecule has 0 aromatic carbocycles. The fourth-order valence-corrected chi connectivity index (χ4v) is 1.30. The van der Waals surface area contributed by atoms with E-state index in [2.05, 4.69) is 18.2 Å². The number of aliphatic imine (C=N–C) groups is 1. The molecule has 2 heteroatoms. The molecule has 0 aromatic heterocycles. The van der Waals surface area contributed by atoms with Crippen LogP contribution in [0.25, 0.3) is 0 Å². The third kappa shape index (κ3) is 5.07. The molecule has 90 valence electrons. The molecule has 0 heterocycles. The third-order valence-electron chi connectivity index (χ3n) is 2.11. The van der Waals surface area contributed by atoms with Crippen LogP contribution in [0.4, 0.5) is 0 Å². The second-order valence-electron chi connectivity index (χ2n) is 3.40. The molecule has 0 spiro atoms. The van der Waals surface area contributed by atoms with Gasteiger partial charge in [-0.3, -0.25) is 4.99 Å². The molecule has 17 heavy (non-hydrogen) atoms. The van der Waals surface area contributed by atoms with Crippen LogP contribution >= 0.6 is 0 Å². The van der Waals surface area contributed by atoms with Gasteiger partial charge < -0.3 is 5.41 Å². The fourth-order valence-electron chi connectivity index (χ4n) is 1.30. The summed E-state index contributed by atoms with van der Waals surface area (Å²) in [5.41, 5.74) is 3.01. The van der Waals surface area contributed by atoms with E-state index in [0.29, 0.717) is 11.4 Å². The van der Waals surface area contributed by atoms with E-state index in [1.807, 2.05) is 31.2 Å². The number of hydrogen-bond donors (Lipinski definition) is 1. The summed E-state index contributed by atoms with van der Waals surface area (Å²) in [6.45, 7) is 11.1. The lowest BCUT2D eigenvalue weighted by molar-refractivity contribution is 1.42. The largest absolute Gasteiger partial charge is 0.303 e. The summed E-state index contributed by atoms with van der Waals surface area (Å²) in [5, 5.41) is 7.60. The van der Waals surface area contributed by atoms with Gasteiger partial charge in [0, 0.05) is 7.05 Å².